The minimum atomic E-state index is -0.507. The average Bonchev–Trinajstić information content (AvgIpc) is 2.36. The summed E-state index contributed by atoms with van der Waals surface area (Å²) >= 11 is 0. The van der Waals surface area contributed by atoms with Crippen molar-refractivity contribution < 1.29 is 9.53 Å². The van der Waals surface area contributed by atoms with Gasteiger partial charge in [0.1, 0.15) is 5.75 Å². The number of hydrogen-bond acceptors (Lipinski definition) is 2. The van der Waals surface area contributed by atoms with Gasteiger partial charge in [-0.2, -0.15) is 0 Å². The second-order valence-electron chi connectivity index (χ2n) is 4.52. The van der Waals surface area contributed by atoms with Crippen LogP contribution in [-0.2, 0) is 4.79 Å². The van der Waals surface area contributed by atoms with Crippen LogP contribution in [0.25, 0.3) is 0 Å². The van der Waals surface area contributed by atoms with Crippen molar-refractivity contribution in [2.45, 2.75) is 32.8 Å². The van der Waals surface area contributed by atoms with Crippen molar-refractivity contribution >= 4 is 5.91 Å². The van der Waals surface area contributed by atoms with Crippen LogP contribution in [0.4, 0.5) is 0 Å². The predicted molar refractivity (Wildman–Crippen MR) is 73.8 cm³/mol. The van der Waals surface area contributed by atoms with Crippen molar-refractivity contribution in [3.8, 4) is 5.75 Å². The van der Waals surface area contributed by atoms with Gasteiger partial charge in [0, 0.05) is 6.54 Å². The molecule has 0 bridgehead atoms. The molecule has 0 saturated carbocycles. The Morgan fingerprint density at radius 2 is 2.17 bits per heavy atom. The Kier molecular flexibility index (Phi) is 5.43. The lowest BCUT2D eigenvalue weighted by molar-refractivity contribution is -0.127. The van der Waals surface area contributed by atoms with Gasteiger partial charge in [-0.15, -0.1) is 6.58 Å². The van der Waals surface area contributed by atoms with E-state index < -0.39 is 6.10 Å². The van der Waals surface area contributed by atoms with Crippen LogP contribution in [0, 0.1) is 0 Å². The molecule has 3 nitrogen and oxygen atoms in total. The van der Waals surface area contributed by atoms with E-state index in [2.05, 4.69) is 31.8 Å². The van der Waals surface area contributed by atoms with Gasteiger partial charge in [-0.05, 0) is 30.5 Å². The first-order valence-corrected chi connectivity index (χ1v) is 6.19. The number of carbonyl (C=O) groups excluding carboxylic acids is 1. The molecule has 0 radical (unpaired) electrons. The maximum absolute atomic E-state index is 11.6. The van der Waals surface area contributed by atoms with Crippen molar-refractivity contribution in [2.75, 3.05) is 6.54 Å². The van der Waals surface area contributed by atoms with Crippen molar-refractivity contribution in [2.24, 2.45) is 0 Å². The Balaban J connectivity index is 2.63. The molecule has 0 aromatic heterocycles. The fraction of sp³-hybridized carbons (Fsp3) is 0.400. The maximum Gasteiger partial charge on any atom is 0.261 e. The summed E-state index contributed by atoms with van der Waals surface area (Å²) in [6.45, 7) is 9.99. The Bertz CT molecular complexity index is 413. The molecule has 0 aliphatic heterocycles. The van der Waals surface area contributed by atoms with Crippen molar-refractivity contribution in [3.05, 3.63) is 42.5 Å². The number of ether oxygens (including phenoxy) is 1. The molecule has 1 aromatic carbocycles. The minimum absolute atomic E-state index is 0.134. The monoisotopic (exact) mass is 247 g/mol. The molecule has 3 heteroatoms. The lowest BCUT2D eigenvalue weighted by atomic mass is 10.0. The van der Waals surface area contributed by atoms with Gasteiger partial charge in [0.15, 0.2) is 6.10 Å². The van der Waals surface area contributed by atoms with Crippen LogP contribution in [0.3, 0.4) is 0 Å². The molecule has 0 spiro atoms. The van der Waals surface area contributed by atoms with Crippen LogP contribution >= 0.6 is 0 Å². The second kappa shape index (κ2) is 6.84. The standard InChI is InChI=1S/C15H21NO2/c1-5-9-16-15(17)12(4)18-14-8-6-7-13(10-14)11(2)3/h5-8,10-12H,1,9H2,2-4H3,(H,16,17)/t12-/m0/s1. The van der Waals surface area contributed by atoms with Crippen LogP contribution in [0.5, 0.6) is 5.75 Å². The summed E-state index contributed by atoms with van der Waals surface area (Å²) in [6, 6.07) is 7.84. The lowest BCUT2D eigenvalue weighted by Crippen LogP contribution is -2.36. The van der Waals surface area contributed by atoms with Gasteiger partial charge in [0.05, 0.1) is 0 Å². The van der Waals surface area contributed by atoms with Crippen LogP contribution in [-0.4, -0.2) is 18.6 Å². The fourth-order valence-electron chi connectivity index (χ4n) is 1.52. The molecule has 0 fully saturated rings. The molecule has 0 unspecified atom stereocenters. The van der Waals surface area contributed by atoms with Gasteiger partial charge < -0.3 is 10.1 Å². The van der Waals surface area contributed by atoms with E-state index in [1.54, 1.807) is 13.0 Å². The zero-order chi connectivity index (χ0) is 13.5. The van der Waals surface area contributed by atoms with Gasteiger partial charge in [-0.25, -0.2) is 0 Å². The molecule has 1 rings (SSSR count). The average molecular weight is 247 g/mol. The van der Waals surface area contributed by atoms with E-state index in [1.165, 1.54) is 5.56 Å². The van der Waals surface area contributed by atoms with Gasteiger partial charge in [0.2, 0.25) is 0 Å². The van der Waals surface area contributed by atoms with E-state index >= 15 is 0 Å². The van der Waals surface area contributed by atoms with E-state index in [0.717, 1.165) is 5.75 Å². The number of nitrogens with one attached hydrogen (secondary N) is 1. The van der Waals surface area contributed by atoms with Gasteiger partial charge in [-0.1, -0.05) is 32.1 Å². The number of hydrogen-bond donors (Lipinski definition) is 1. The van der Waals surface area contributed by atoms with E-state index in [-0.39, 0.29) is 5.91 Å². The molecule has 1 N–H and O–H groups in total. The van der Waals surface area contributed by atoms with Crippen molar-refractivity contribution in [1.82, 2.24) is 5.32 Å². The third-order valence-electron chi connectivity index (χ3n) is 2.63. The van der Waals surface area contributed by atoms with Crippen molar-refractivity contribution in [3.63, 3.8) is 0 Å². The van der Waals surface area contributed by atoms with Crippen LogP contribution in [0.1, 0.15) is 32.3 Å². The molecule has 0 aliphatic rings. The molecular weight excluding hydrogens is 226 g/mol. The Morgan fingerprint density at radius 1 is 1.44 bits per heavy atom. The highest BCUT2D eigenvalue weighted by atomic mass is 16.5. The molecule has 18 heavy (non-hydrogen) atoms. The number of amides is 1. The normalized spacial score (nSPS) is 12.0. The van der Waals surface area contributed by atoms with Gasteiger partial charge >= 0.3 is 0 Å². The largest absolute Gasteiger partial charge is 0.481 e. The maximum atomic E-state index is 11.6. The molecule has 1 aromatic rings. The molecular formula is C15H21NO2. The summed E-state index contributed by atoms with van der Waals surface area (Å²) in [4.78, 5) is 11.6. The van der Waals surface area contributed by atoms with E-state index in [0.29, 0.717) is 12.5 Å². The Morgan fingerprint density at radius 3 is 2.78 bits per heavy atom. The molecule has 1 atom stereocenters. The van der Waals surface area contributed by atoms with E-state index in [4.69, 9.17) is 4.74 Å². The van der Waals surface area contributed by atoms with Crippen molar-refractivity contribution in [1.29, 1.82) is 0 Å². The SMILES string of the molecule is C=CCNC(=O)[C@H](C)Oc1cccc(C(C)C)c1. The quantitative estimate of drug-likeness (QED) is 0.785. The summed E-state index contributed by atoms with van der Waals surface area (Å²) in [5, 5.41) is 2.71. The summed E-state index contributed by atoms with van der Waals surface area (Å²) in [5.41, 5.74) is 1.20. The topological polar surface area (TPSA) is 38.3 Å². The Hall–Kier alpha value is -1.77. The summed E-state index contributed by atoms with van der Waals surface area (Å²) < 4.78 is 5.62. The molecule has 0 aliphatic carbocycles. The van der Waals surface area contributed by atoms with Gasteiger partial charge in [-0.3, -0.25) is 4.79 Å². The number of carbonyl (C=O) groups is 1. The molecule has 0 saturated heterocycles. The van der Waals surface area contributed by atoms with Crippen LogP contribution < -0.4 is 10.1 Å². The number of benzene rings is 1. The molecule has 0 heterocycles. The minimum Gasteiger partial charge on any atom is -0.481 e. The third kappa shape index (κ3) is 4.24. The summed E-state index contributed by atoms with van der Waals surface area (Å²) in [7, 11) is 0. The molecule has 98 valence electrons. The summed E-state index contributed by atoms with van der Waals surface area (Å²) in [5.74, 6) is 1.03. The van der Waals surface area contributed by atoms with Gasteiger partial charge in [0.25, 0.3) is 5.91 Å². The molecule has 1 amide bonds. The summed E-state index contributed by atoms with van der Waals surface area (Å²) in [6.07, 6.45) is 1.14. The first-order chi connectivity index (χ1) is 8.54. The van der Waals surface area contributed by atoms with E-state index in [1.807, 2.05) is 18.2 Å². The second-order valence-corrected chi connectivity index (χ2v) is 4.52. The van der Waals surface area contributed by atoms with E-state index in [9.17, 15) is 4.79 Å². The Labute approximate surface area is 109 Å². The zero-order valence-electron chi connectivity index (χ0n) is 11.3. The highest BCUT2D eigenvalue weighted by molar-refractivity contribution is 5.80. The first-order valence-electron chi connectivity index (χ1n) is 6.19. The third-order valence-corrected chi connectivity index (χ3v) is 2.63. The fourth-order valence-corrected chi connectivity index (χ4v) is 1.52. The highest BCUT2D eigenvalue weighted by Gasteiger charge is 2.13. The van der Waals surface area contributed by atoms with Crippen LogP contribution in [0.15, 0.2) is 36.9 Å². The smallest absolute Gasteiger partial charge is 0.261 e. The first kappa shape index (κ1) is 14.3. The highest BCUT2D eigenvalue weighted by Crippen LogP contribution is 2.20. The predicted octanol–water partition coefficient (Wildman–Crippen LogP) is 2.88. The lowest BCUT2D eigenvalue weighted by Gasteiger charge is -2.15. The number of rotatable bonds is 6. The van der Waals surface area contributed by atoms with Crippen LogP contribution in [0.2, 0.25) is 0 Å². The zero-order valence-corrected chi connectivity index (χ0v) is 11.3.